The lowest BCUT2D eigenvalue weighted by molar-refractivity contribution is 0.0436. The Balaban J connectivity index is 1.51. The van der Waals surface area contributed by atoms with Gasteiger partial charge in [-0.1, -0.05) is 18.2 Å². The van der Waals surface area contributed by atoms with Gasteiger partial charge in [-0.05, 0) is 71.6 Å². The number of hydrogen-bond acceptors (Lipinski definition) is 7. The van der Waals surface area contributed by atoms with E-state index in [4.69, 9.17) is 10.5 Å². The highest BCUT2D eigenvalue weighted by Gasteiger charge is 2.34. The quantitative estimate of drug-likeness (QED) is 0.472. The van der Waals surface area contributed by atoms with E-state index >= 15 is 0 Å². The SMILES string of the molecule is CC1(NC(=O)OC(C)(C)C)CCC(Nc2c(N)cnc3c2ccn3S(=O)(=O)c2ccccc2)CC1. The van der Waals surface area contributed by atoms with Gasteiger partial charge in [0.1, 0.15) is 5.60 Å². The van der Waals surface area contributed by atoms with Crippen LogP contribution in [0.15, 0.2) is 53.7 Å². The number of nitrogens with one attached hydrogen (secondary N) is 2. The number of anilines is 2. The number of rotatable bonds is 5. The van der Waals surface area contributed by atoms with Crippen LogP contribution in [-0.2, 0) is 14.8 Å². The van der Waals surface area contributed by atoms with Gasteiger partial charge in [0.05, 0.1) is 22.5 Å². The Kier molecular flexibility index (Phi) is 6.44. The topological polar surface area (TPSA) is 128 Å². The summed E-state index contributed by atoms with van der Waals surface area (Å²) < 4.78 is 32.9. The normalized spacial score (nSPS) is 21.0. The van der Waals surface area contributed by atoms with Crippen molar-refractivity contribution < 1.29 is 17.9 Å². The summed E-state index contributed by atoms with van der Waals surface area (Å²) in [6.45, 7) is 7.55. The second kappa shape index (κ2) is 9.07. The molecule has 4 rings (SSSR count). The van der Waals surface area contributed by atoms with Gasteiger partial charge in [-0.2, -0.15) is 0 Å². The number of nitrogen functional groups attached to an aromatic ring is 1. The third kappa shape index (κ3) is 5.37. The number of aromatic nitrogens is 2. The van der Waals surface area contributed by atoms with Crippen LogP contribution in [0.2, 0.25) is 0 Å². The molecule has 1 saturated carbocycles. The third-order valence-electron chi connectivity index (χ3n) is 6.25. The molecule has 0 spiro atoms. The van der Waals surface area contributed by atoms with Crippen LogP contribution in [0.25, 0.3) is 11.0 Å². The number of amides is 1. The van der Waals surface area contributed by atoms with Crippen molar-refractivity contribution in [1.82, 2.24) is 14.3 Å². The minimum absolute atomic E-state index is 0.116. The lowest BCUT2D eigenvalue weighted by atomic mass is 9.81. The Labute approximate surface area is 206 Å². The summed E-state index contributed by atoms with van der Waals surface area (Å²) in [6.07, 6.45) is 5.72. The first-order chi connectivity index (χ1) is 16.4. The molecule has 1 aliphatic carbocycles. The number of nitrogens with zero attached hydrogens (tertiary/aromatic N) is 2. The van der Waals surface area contributed by atoms with Crippen molar-refractivity contribution >= 4 is 38.5 Å². The molecule has 0 aliphatic heterocycles. The van der Waals surface area contributed by atoms with Gasteiger partial charge < -0.3 is 21.1 Å². The molecule has 3 aromatic rings. The maximum absolute atomic E-state index is 13.2. The average molecular weight is 500 g/mol. The molecule has 1 amide bonds. The summed E-state index contributed by atoms with van der Waals surface area (Å²) in [5, 5.41) is 7.17. The summed E-state index contributed by atoms with van der Waals surface area (Å²) in [7, 11) is -3.79. The van der Waals surface area contributed by atoms with Gasteiger partial charge in [0.25, 0.3) is 10.0 Å². The first-order valence-corrected chi connectivity index (χ1v) is 13.2. The number of carbonyl (C=O) groups is 1. The fourth-order valence-electron chi connectivity index (χ4n) is 4.42. The van der Waals surface area contributed by atoms with Gasteiger partial charge in [0.15, 0.2) is 5.65 Å². The van der Waals surface area contributed by atoms with Crippen LogP contribution in [0.4, 0.5) is 16.2 Å². The summed E-state index contributed by atoms with van der Waals surface area (Å²) in [5.41, 5.74) is 6.79. The van der Waals surface area contributed by atoms with E-state index in [-0.39, 0.29) is 16.5 Å². The van der Waals surface area contributed by atoms with E-state index in [0.29, 0.717) is 22.4 Å². The molecule has 4 N–H and O–H groups in total. The molecule has 1 aliphatic rings. The molecule has 9 nitrogen and oxygen atoms in total. The molecule has 1 fully saturated rings. The molecule has 10 heteroatoms. The zero-order valence-electron chi connectivity index (χ0n) is 20.5. The Bertz CT molecular complexity index is 1320. The maximum Gasteiger partial charge on any atom is 0.408 e. The molecule has 0 unspecified atom stereocenters. The molecule has 2 heterocycles. The van der Waals surface area contributed by atoms with Crippen LogP contribution in [0.1, 0.15) is 53.4 Å². The highest BCUT2D eigenvalue weighted by atomic mass is 32.2. The van der Waals surface area contributed by atoms with E-state index < -0.39 is 21.7 Å². The van der Waals surface area contributed by atoms with Gasteiger partial charge in [0.2, 0.25) is 0 Å². The predicted octanol–water partition coefficient (Wildman–Crippen LogP) is 4.49. The van der Waals surface area contributed by atoms with E-state index in [1.165, 1.54) is 16.4 Å². The highest BCUT2D eigenvalue weighted by Crippen LogP contribution is 2.35. The van der Waals surface area contributed by atoms with Gasteiger partial charge in [0, 0.05) is 23.2 Å². The number of benzene rings is 1. The largest absolute Gasteiger partial charge is 0.444 e. The standard InChI is InChI=1S/C25H33N5O4S/c1-24(2,3)34-23(31)29-25(4)13-10-17(11-14-25)28-21-19-12-15-30(22(19)27-16-20(21)26)35(32,33)18-8-6-5-7-9-18/h5-9,12,15-17H,10-11,13-14,26H2,1-4H3,(H,27,28)(H,29,31). The maximum atomic E-state index is 13.2. The van der Waals surface area contributed by atoms with E-state index in [9.17, 15) is 13.2 Å². The Hall–Kier alpha value is -3.27. The fourth-order valence-corrected chi connectivity index (χ4v) is 5.74. The van der Waals surface area contributed by atoms with Crippen LogP contribution in [0.3, 0.4) is 0 Å². The minimum atomic E-state index is -3.79. The fraction of sp³-hybridized carbons (Fsp3) is 0.440. The summed E-state index contributed by atoms with van der Waals surface area (Å²) >= 11 is 0. The summed E-state index contributed by atoms with van der Waals surface area (Å²) in [5.74, 6) is 0. The highest BCUT2D eigenvalue weighted by molar-refractivity contribution is 7.90. The van der Waals surface area contributed by atoms with E-state index in [1.54, 1.807) is 36.4 Å². The number of alkyl carbamates (subject to hydrolysis) is 1. The van der Waals surface area contributed by atoms with Crippen LogP contribution < -0.4 is 16.4 Å². The predicted molar refractivity (Wildman–Crippen MR) is 137 cm³/mol. The van der Waals surface area contributed by atoms with Crippen molar-refractivity contribution in [1.29, 1.82) is 0 Å². The lowest BCUT2D eigenvalue weighted by Crippen LogP contribution is -2.51. The number of hydrogen-bond donors (Lipinski definition) is 3. The first-order valence-electron chi connectivity index (χ1n) is 11.7. The number of fused-ring (bicyclic) bond motifs is 1. The van der Waals surface area contributed by atoms with Crippen LogP contribution >= 0.6 is 0 Å². The Morgan fingerprint density at radius 3 is 2.46 bits per heavy atom. The first kappa shape index (κ1) is 24.8. The second-order valence-corrected chi connectivity index (χ2v) is 12.2. The van der Waals surface area contributed by atoms with Crippen molar-refractivity contribution in [2.45, 2.75) is 75.5 Å². The Morgan fingerprint density at radius 2 is 1.83 bits per heavy atom. The van der Waals surface area contributed by atoms with Crippen LogP contribution in [-0.4, -0.2) is 40.6 Å². The molecule has 35 heavy (non-hydrogen) atoms. The summed E-state index contributed by atoms with van der Waals surface area (Å²) in [4.78, 5) is 16.8. The minimum Gasteiger partial charge on any atom is -0.444 e. The van der Waals surface area contributed by atoms with Gasteiger partial charge in [-0.15, -0.1) is 0 Å². The molecule has 0 atom stereocenters. The van der Waals surface area contributed by atoms with Crippen molar-refractivity contribution in [3.05, 3.63) is 48.8 Å². The molecule has 0 saturated heterocycles. The number of ether oxygens (including phenoxy) is 1. The molecule has 2 aromatic heterocycles. The van der Waals surface area contributed by atoms with E-state index in [2.05, 4.69) is 15.6 Å². The summed E-state index contributed by atoms with van der Waals surface area (Å²) in [6, 6.07) is 10.1. The van der Waals surface area contributed by atoms with Crippen LogP contribution in [0, 0.1) is 0 Å². The molecule has 0 radical (unpaired) electrons. The molecular formula is C25H33N5O4S. The monoisotopic (exact) mass is 499 g/mol. The number of pyridine rings is 1. The van der Waals surface area contributed by atoms with Crippen molar-refractivity contribution in [2.24, 2.45) is 0 Å². The molecule has 188 valence electrons. The van der Waals surface area contributed by atoms with Gasteiger partial charge >= 0.3 is 6.09 Å². The van der Waals surface area contributed by atoms with E-state index in [0.717, 1.165) is 25.7 Å². The lowest BCUT2D eigenvalue weighted by Gasteiger charge is -2.39. The Morgan fingerprint density at radius 1 is 1.17 bits per heavy atom. The molecule has 1 aromatic carbocycles. The number of carbonyl (C=O) groups excluding carboxylic acids is 1. The van der Waals surface area contributed by atoms with E-state index in [1.807, 2.05) is 27.7 Å². The third-order valence-corrected chi connectivity index (χ3v) is 7.93. The van der Waals surface area contributed by atoms with Gasteiger partial charge in [-0.25, -0.2) is 22.2 Å². The van der Waals surface area contributed by atoms with Crippen LogP contribution in [0.5, 0.6) is 0 Å². The van der Waals surface area contributed by atoms with Crippen molar-refractivity contribution in [3.8, 4) is 0 Å². The van der Waals surface area contributed by atoms with Crippen molar-refractivity contribution in [2.75, 3.05) is 11.1 Å². The van der Waals surface area contributed by atoms with Gasteiger partial charge in [-0.3, -0.25) is 0 Å². The molecular weight excluding hydrogens is 466 g/mol. The van der Waals surface area contributed by atoms with Crippen molar-refractivity contribution in [3.63, 3.8) is 0 Å². The second-order valence-electron chi connectivity index (χ2n) is 10.4. The smallest absolute Gasteiger partial charge is 0.408 e. The average Bonchev–Trinajstić information content (AvgIpc) is 3.21. The zero-order chi connectivity index (χ0) is 25.4. The zero-order valence-corrected chi connectivity index (χ0v) is 21.4. The molecule has 0 bridgehead atoms. The number of nitrogens with two attached hydrogens (primary N) is 1.